The van der Waals surface area contributed by atoms with Crippen LogP contribution in [0.15, 0.2) is 28.7 Å². The molecule has 1 aromatic rings. The van der Waals surface area contributed by atoms with E-state index in [0.29, 0.717) is 12.5 Å². The molecule has 0 aliphatic carbocycles. The Morgan fingerprint density at radius 2 is 2.33 bits per heavy atom. The van der Waals surface area contributed by atoms with Gasteiger partial charge in [0.05, 0.1) is 6.61 Å². The maximum absolute atomic E-state index is 12.3. The largest absolute Gasteiger partial charge is 0.394 e. The van der Waals surface area contributed by atoms with Crippen molar-refractivity contribution in [3.63, 3.8) is 0 Å². The standard InChI is InChI=1S/C13H17BrN2O2/c1-9-6-15-12(8-17)13(18)16(7-9)11-4-2-3-10(14)5-11/h2-5,9,12,15,17H,6-8H2,1H3. The minimum atomic E-state index is -0.506. The minimum Gasteiger partial charge on any atom is -0.394 e. The predicted octanol–water partition coefficient (Wildman–Crippen LogP) is 1.38. The van der Waals surface area contributed by atoms with E-state index >= 15 is 0 Å². The normalized spacial score (nSPS) is 25.1. The van der Waals surface area contributed by atoms with Gasteiger partial charge in [0, 0.05) is 23.2 Å². The van der Waals surface area contributed by atoms with Gasteiger partial charge in [-0.05, 0) is 24.1 Å². The van der Waals surface area contributed by atoms with Gasteiger partial charge in [0.2, 0.25) is 5.91 Å². The molecule has 0 radical (unpaired) electrons. The summed E-state index contributed by atoms with van der Waals surface area (Å²) in [6, 6.07) is 7.16. The smallest absolute Gasteiger partial charge is 0.246 e. The first-order chi connectivity index (χ1) is 8.61. The third kappa shape index (κ3) is 2.91. The van der Waals surface area contributed by atoms with Gasteiger partial charge in [0.1, 0.15) is 6.04 Å². The molecule has 2 N–H and O–H groups in total. The monoisotopic (exact) mass is 312 g/mol. The molecule has 1 saturated heterocycles. The summed E-state index contributed by atoms with van der Waals surface area (Å²) in [5.74, 6) is 0.282. The number of rotatable bonds is 2. The molecule has 2 atom stereocenters. The Bertz CT molecular complexity index is 439. The van der Waals surface area contributed by atoms with Gasteiger partial charge >= 0.3 is 0 Å². The minimum absolute atomic E-state index is 0.0695. The van der Waals surface area contributed by atoms with Crippen LogP contribution >= 0.6 is 15.9 Å². The summed E-state index contributed by atoms with van der Waals surface area (Å²) in [6.07, 6.45) is 0. The third-order valence-electron chi connectivity index (χ3n) is 3.07. The Balaban J connectivity index is 2.30. The van der Waals surface area contributed by atoms with E-state index in [9.17, 15) is 9.90 Å². The molecule has 0 bridgehead atoms. The second kappa shape index (κ2) is 5.82. The molecular formula is C13H17BrN2O2. The summed E-state index contributed by atoms with van der Waals surface area (Å²) in [4.78, 5) is 14.1. The average molecular weight is 313 g/mol. The number of amides is 1. The van der Waals surface area contributed by atoms with E-state index < -0.39 is 6.04 Å². The highest BCUT2D eigenvalue weighted by Crippen LogP contribution is 2.22. The highest BCUT2D eigenvalue weighted by atomic mass is 79.9. The molecular weight excluding hydrogens is 296 g/mol. The quantitative estimate of drug-likeness (QED) is 0.867. The van der Waals surface area contributed by atoms with Gasteiger partial charge in [-0.15, -0.1) is 0 Å². The van der Waals surface area contributed by atoms with E-state index in [1.807, 2.05) is 24.3 Å². The summed E-state index contributed by atoms with van der Waals surface area (Å²) in [5, 5.41) is 12.4. The number of aliphatic hydroxyl groups excluding tert-OH is 1. The van der Waals surface area contributed by atoms with Crippen LogP contribution in [-0.4, -0.2) is 36.8 Å². The van der Waals surface area contributed by atoms with Crippen molar-refractivity contribution in [3.8, 4) is 0 Å². The molecule has 0 aromatic heterocycles. The predicted molar refractivity (Wildman–Crippen MR) is 74.5 cm³/mol. The molecule has 2 rings (SSSR count). The van der Waals surface area contributed by atoms with E-state index in [1.165, 1.54) is 0 Å². The molecule has 0 spiro atoms. The van der Waals surface area contributed by atoms with Crippen LogP contribution < -0.4 is 10.2 Å². The molecule has 1 aliphatic rings. The number of aliphatic hydroxyl groups is 1. The number of hydrogen-bond acceptors (Lipinski definition) is 3. The Kier molecular flexibility index (Phi) is 4.37. The van der Waals surface area contributed by atoms with E-state index in [4.69, 9.17) is 0 Å². The van der Waals surface area contributed by atoms with Crippen molar-refractivity contribution in [1.82, 2.24) is 5.32 Å². The first-order valence-corrected chi connectivity index (χ1v) is 6.82. The molecule has 1 fully saturated rings. The lowest BCUT2D eigenvalue weighted by Crippen LogP contribution is -2.45. The van der Waals surface area contributed by atoms with Gasteiger partial charge in [-0.25, -0.2) is 0 Å². The molecule has 4 nitrogen and oxygen atoms in total. The van der Waals surface area contributed by atoms with Gasteiger partial charge in [-0.1, -0.05) is 28.9 Å². The van der Waals surface area contributed by atoms with Crippen LogP contribution in [0.5, 0.6) is 0 Å². The zero-order valence-corrected chi connectivity index (χ0v) is 11.9. The van der Waals surface area contributed by atoms with E-state index in [2.05, 4.69) is 28.2 Å². The number of carbonyl (C=O) groups excluding carboxylic acids is 1. The lowest BCUT2D eigenvalue weighted by molar-refractivity contribution is -0.121. The van der Waals surface area contributed by atoms with Gasteiger partial charge in [-0.2, -0.15) is 0 Å². The highest BCUT2D eigenvalue weighted by Gasteiger charge is 2.29. The third-order valence-corrected chi connectivity index (χ3v) is 3.57. The molecule has 2 unspecified atom stereocenters. The van der Waals surface area contributed by atoms with Crippen molar-refractivity contribution in [2.45, 2.75) is 13.0 Å². The van der Waals surface area contributed by atoms with Crippen molar-refractivity contribution in [2.24, 2.45) is 5.92 Å². The molecule has 1 heterocycles. The van der Waals surface area contributed by atoms with Crippen molar-refractivity contribution >= 4 is 27.5 Å². The number of anilines is 1. The summed E-state index contributed by atoms with van der Waals surface area (Å²) in [7, 11) is 0. The molecule has 1 aliphatic heterocycles. The van der Waals surface area contributed by atoms with Crippen LogP contribution in [0.25, 0.3) is 0 Å². The summed E-state index contributed by atoms with van der Waals surface area (Å²) >= 11 is 3.41. The topological polar surface area (TPSA) is 52.6 Å². The summed E-state index contributed by atoms with van der Waals surface area (Å²) < 4.78 is 0.943. The number of nitrogens with zero attached hydrogens (tertiary/aromatic N) is 1. The van der Waals surface area contributed by atoms with Crippen molar-refractivity contribution < 1.29 is 9.90 Å². The Labute approximate surface area is 115 Å². The second-order valence-electron chi connectivity index (χ2n) is 4.68. The summed E-state index contributed by atoms with van der Waals surface area (Å²) in [6.45, 7) is 3.32. The lowest BCUT2D eigenvalue weighted by atomic mass is 10.1. The first kappa shape index (κ1) is 13.5. The van der Waals surface area contributed by atoms with Crippen LogP contribution in [0, 0.1) is 5.92 Å². The molecule has 1 aromatic carbocycles. The van der Waals surface area contributed by atoms with Gasteiger partial charge in [0.15, 0.2) is 0 Å². The molecule has 18 heavy (non-hydrogen) atoms. The van der Waals surface area contributed by atoms with E-state index in [1.54, 1.807) is 4.90 Å². The zero-order chi connectivity index (χ0) is 13.1. The maximum Gasteiger partial charge on any atom is 0.246 e. The van der Waals surface area contributed by atoms with Crippen LogP contribution in [0.1, 0.15) is 6.92 Å². The average Bonchev–Trinajstić information content (AvgIpc) is 2.49. The van der Waals surface area contributed by atoms with Crippen LogP contribution in [-0.2, 0) is 4.79 Å². The second-order valence-corrected chi connectivity index (χ2v) is 5.59. The van der Waals surface area contributed by atoms with Gasteiger partial charge in [0.25, 0.3) is 0 Å². The van der Waals surface area contributed by atoms with Crippen molar-refractivity contribution in [2.75, 3.05) is 24.6 Å². The summed E-state index contributed by atoms with van der Waals surface area (Å²) in [5.41, 5.74) is 0.864. The Morgan fingerprint density at radius 3 is 3.00 bits per heavy atom. The van der Waals surface area contributed by atoms with Crippen molar-refractivity contribution in [1.29, 1.82) is 0 Å². The SMILES string of the molecule is CC1CNC(CO)C(=O)N(c2cccc(Br)c2)C1. The lowest BCUT2D eigenvalue weighted by Gasteiger charge is -2.24. The van der Waals surface area contributed by atoms with Crippen LogP contribution in [0.3, 0.4) is 0 Å². The fraction of sp³-hybridized carbons (Fsp3) is 0.462. The van der Waals surface area contributed by atoms with Gasteiger partial charge in [-0.3, -0.25) is 4.79 Å². The highest BCUT2D eigenvalue weighted by molar-refractivity contribution is 9.10. The molecule has 0 saturated carbocycles. The molecule has 1 amide bonds. The fourth-order valence-electron chi connectivity index (χ4n) is 2.10. The molecule has 5 heteroatoms. The fourth-order valence-corrected chi connectivity index (χ4v) is 2.49. The van der Waals surface area contributed by atoms with E-state index in [-0.39, 0.29) is 12.5 Å². The Hall–Kier alpha value is -0.910. The zero-order valence-electron chi connectivity index (χ0n) is 10.3. The number of hydrogen-bond donors (Lipinski definition) is 2. The van der Waals surface area contributed by atoms with E-state index in [0.717, 1.165) is 16.7 Å². The first-order valence-electron chi connectivity index (χ1n) is 6.03. The van der Waals surface area contributed by atoms with Gasteiger partial charge < -0.3 is 15.3 Å². The Morgan fingerprint density at radius 1 is 1.56 bits per heavy atom. The number of benzene rings is 1. The van der Waals surface area contributed by atoms with Crippen LogP contribution in [0.2, 0.25) is 0 Å². The number of nitrogens with one attached hydrogen (secondary N) is 1. The van der Waals surface area contributed by atoms with Crippen molar-refractivity contribution in [3.05, 3.63) is 28.7 Å². The number of halogens is 1. The van der Waals surface area contributed by atoms with Crippen LogP contribution in [0.4, 0.5) is 5.69 Å². The number of carbonyl (C=O) groups is 1. The molecule has 98 valence electrons. The maximum atomic E-state index is 12.3.